The molecule has 0 aromatic carbocycles. The molecule has 0 spiro atoms. The summed E-state index contributed by atoms with van der Waals surface area (Å²) < 4.78 is 5.98. The molecule has 1 atom stereocenters. The molecule has 5 fully saturated rings. The van der Waals surface area contributed by atoms with Crippen LogP contribution in [0.1, 0.15) is 52.4 Å². The highest BCUT2D eigenvalue weighted by atomic mass is 16.5. The van der Waals surface area contributed by atoms with Gasteiger partial charge in [0.25, 0.3) is 0 Å². The van der Waals surface area contributed by atoms with Gasteiger partial charge in [-0.15, -0.1) is 0 Å². The molecular weight excluding hydrogens is 262 g/mol. The third-order valence-corrected chi connectivity index (χ3v) is 6.48. The van der Waals surface area contributed by atoms with Crippen LogP contribution in [-0.2, 0) is 4.74 Å². The summed E-state index contributed by atoms with van der Waals surface area (Å²) in [5, 5.41) is 9.52. The molecule has 4 bridgehead atoms. The maximum atomic E-state index is 9.52. The Morgan fingerprint density at radius 3 is 2.14 bits per heavy atom. The SMILES string of the molecule is CC1(C)CN(CC23CC4CC(CC(C4)C2)C3)CC(CO)O1. The van der Waals surface area contributed by atoms with E-state index in [1.54, 1.807) is 0 Å². The van der Waals surface area contributed by atoms with E-state index >= 15 is 0 Å². The second-order valence-electron chi connectivity index (χ2n) is 9.27. The maximum absolute atomic E-state index is 9.52. The molecular formula is C18H31NO2. The van der Waals surface area contributed by atoms with E-state index in [4.69, 9.17) is 4.74 Å². The number of aliphatic hydroxyl groups is 1. The summed E-state index contributed by atoms with van der Waals surface area (Å²) in [5.41, 5.74) is 0.482. The van der Waals surface area contributed by atoms with Crippen LogP contribution in [0, 0.1) is 23.2 Å². The zero-order valence-corrected chi connectivity index (χ0v) is 13.7. The lowest BCUT2D eigenvalue weighted by Gasteiger charge is -2.58. The minimum absolute atomic E-state index is 0.00247. The first kappa shape index (κ1) is 14.5. The topological polar surface area (TPSA) is 32.7 Å². The summed E-state index contributed by atoms with van der Waals surface area (Å²) in [7, 11) is 0. The Labute approximate surface area is 129 Å². The lowest BCUT2D eigenvalue weighted by Crippen LogP contribution is -2.58. The lowest BCUT2D eigenvalue weighted by atomic mass is 9.49. The Morgan fingerprint density at radius 1 is 1.05 bits per heavy atom. The Morgan fingerprint density at radius 2 is 1.62 bits per heavy atom. The third-order valence-electron chi connectivity index (χ3n) is 6.48. The van der Waals surface area contributed by atoms with Crippen molar-refractivity contribution in [3.05, 3.63) is 0 Å². The lowest BCUT2D eigenvalue weighted by molar-refractivity contribution is -0.163. The van der Waals surface area contributed by atoms with E-state index in [9.17, 15) is 5.11 Å². The number of aliphatic hydroxyl groups excluding tert-OH is 1. The molecule has 21 heavy (non-hydrogen) atoms. The highest BCUT2D eigenvalue weighted by molar-refractivity contribution is 5.03. The van der Waals surface area contributed by atoms with E-state index in [0.717, 1.165) is 30.8 Å². The quantitative estimate of drug-likeness (QED) is 0.868. The highest BCUT2D eigenvalue weighted by Gasteiger charge is 2.51. The summed E-state index contributed by atoms with van der Waals surface area (Å²) >= 11 is 0. The van der Waals surface area contributed by atoms with Crippen molar-refractivity contribution in [3.8, 4) is 0 Å². The molecule has 1 saturated heterocycles. The van der Waals surface area contributed by atoms with Crippen LogP contribution in [0.2, 0.25) is 0 Å². The normalized spacial score (nSPS) is 48.7. The van der Waals surface area contributed by atoms with Crippen molar-refractivity contribution in [2.24, 2.45) is 23.2 Å². The van der Waals surface area contributed by atoms with Crippen molar-refractivity contribution < 1.29 is 9.84 Å². The van der Waals surface area contributed by atoms with Crippen molar-refractivity contribution in [2.45, 2.75) is 64.1 Å². The van der Waals surface area contributed by atoms with Gasteiger partial charge in [-0.05, 0) is 75.5 Å². The molecule has 5 aliphatic rings. The van der Waals surface area contributed by atoms with Gasteiger partial charge in [-0.2, -0.15) is 0 Å². The summed E-state index contributed by atoms with van der Waals surface area (Å²) in [6.45, 7) is 7.68. The van der Waals surface area contributed by atoms with Gasteiger partial charge < -0.3 is 9.84 Å². The van der Waals surface area contributed by atoms with Crippen molar-refractivity contribution in [1.82, 2.24) is 4.90 Å². The van der Waals surface area contributed by atoms with Gasteiger partial charge in [0.1, 0.15) is 0 Å². The number of morpholine rings is 1. The number of hydrogen-bond acceptors (Lipinski definition) is 3. The van der Waals surface area contributed by atoms with Crippen LogP contribution in [0.4, 0.5) is 0 Å². The summed E-state index contributed by atoms with van der Waals surface area (Å²) in [4.78, 5) is 2.61. The fourth-order valence-electron chi connectivity index (χ4n) is 6.59. The van der Waals surface area contributed by atoms with Crippen molar-refractivity contribution in [3.63, 3.8) is 0 Å². The first-order valence-electron chi connectivity index (χ1n) is 8.96. The Kier molecular flexibility index (Phi) is 3.40. The highest BCUT2D eigenvalue weighted by Crippen LogP contribution is 2.60. The smallest absolute Gasteiger partial charge is 0.0940 e. The van der Waals surface area contributed by atoms with Gasteiger partial charge in [0.05, 0.1) is 18.3 Å². The van der Waals surface area contributed by atoms with Crippen LogP contribution in [0.25, 0.3) is 0 Å². The fraction of sp³-hybridized carbons (Fsp3) is 1.00. The van der Waals surface area contributed by atoms with Crippen LogP contribution < -0.4 is 0 Å². The molecule has 3 heteroatoms. The second kappa shape index (κ2) is 4.94. The average Bonchev–Trinajstić information content (AvgIpc) is 2.34. The number of ether oxygens (including phenoxy) is 1. The largest absolute Gasteiger partial charge is 0.394 e. The first-order chi connectivity index (χ1) is 9.95. The van der Waals surface area contributed by atoms with Crippen LogP contribution in [0.5, 0.6) is 0 Å². The summed E-state index contributed by atoms with van der Waals surface area (Å²) in [6.07, 6.45) is 8.98. The number of nitrogens with zero attached hydrogens (tertiary/aromatic N) is 1. The fourth-order valence-corrected chi connectivity index (χ4v) is 6.59. The third kappa shape index (κ3) is 2.77. The van der Waals surface area contributed by atoms with Crippen LogP contribution in [0.15, 0.2) is 0 Å². The van der Waals surface area contributed by atoms with E-state index < -0.39 is 0 Å². The number of rotatable bonds is 3. The van der Waals surface area contributed by atoms with Gasteiger partial charge in [0.15, 0.2) is 0 Å². The van der Waals surface area contributed by atoms with Gasteiger partial charge in [-0.1, -0.05) is 0 Å². The van der Waals surface area contributed by atoms with Crippen molar-refractivity contribution >= 4 is 0 Å². The van der Waals surface area contributed by atoms with Crippen molar-refractivity contribution in [1.29, 1.82) is 0 Å². The zero-order chi connectivity index (χ0) is 14.7. The summed E-state index contributed by atoms with van der Waals surface area (Å²) in [6, 6.07) is 0. The number of hydrogen-bond donors (Lipinski definition) is 1. The zero-order valence-electron chi connectivity index (χ0n) is 13.7. The Bertz CT molecular complexity index is 371. The standard InChI is InChI=1S/C18H31NO2/c1-17(2)11-19(9-16(10-20)21-17)12-18-6-13-3-14(7-18)5-15(4-13)8-18/h13-16,20H,3-12H2,1-2H3. The van der Waals surface area contributed by atoms with Gasteiger partial charge >= 0.3 is 0 Å². The monoisotopic (exact) mass is 293 g/mol. The minimum Gasteiger partial charge on any atom is -0.394 e. The average molecular weight is 293 g/mol. The molecule has 0 aromatic rings. The van der Waals surface area contributed by atoms with Gasteiger partial charge in [-0.25, -0.2) is 0 Å². The van der Waals surface area contributed by atoms with Gasteiger partial charge in [-0.3, -0.25) is 4.90 Å². The van der Waals surface area contributed by atoms with Gasteiger partial charge in [0, 0.05) is 19.6 Å². The first-order valence-corrected chi connectivity index (χ1v) is 8.96. The van der Waals surface area contributed by atoms with Crippen molar-refractivity contribution in [2.75, 3.05) is 26.2 Å². The Hall–Kier alpha value is -0.120. The van der Waals surface area contributed by atoms with Crippen LogP contribution >= 0.6 is 0 Å². The molecule has 0 radical (unpaired) electrons. The molecule has 1 unspecified atom stereocenters. The van der Waals surface area contributed by atoms with E-state index in [1.807, 2.05) is 0 Å². The molecule has 0 aromatic heterocycles. The van der Waals surface area contributed by atoms with Crippen LogP contribution in [0.3, 0.4) is 0 Å². The molecule has 120 valence electrons. The van der Waals surface area contributed by atoms with Crippen LogP contribution in [-0.4, -0.2) is 48.0 Å². The molecule has 0 amide bonds. The minimum atomic E-state index is -0.117. The summed E-state index contributed by atoms with van der Waals surface area (Å²) in [5.74, 6) is 3.08. The predicted octanol–water partition coefficient (Wildman–Crippen LogP) is 2.67. The molecule has 1 heterocycles. The van der Waals surface area contributed by atoms with E-state index in [1.165, 1.54) is 45.1 Å². The molecule has 4 saturated carbocycles. The second-order valence-corrected chi connectivity index (χ2v) is 9.27. The molecule has 3 nitrogen and oxygen atoms in total. The predicted molar refractivity (Wildman–Crippen MR) is 83.1 cm³/mol. The molecule has 4 aliphatic carbocycles. The Balaban J connectivity index is 1.48. The van der Waals surface area contributed by atoms with E-state index in [-0.39, 0.29) is 18.3 Å². The maximum Gasteiger partial charge on any atom is 0.0940 e. The van der Waals surface area contributed by atoms with E-state index in [0.29, 0.717) is 5.41 Å². The molecule has 5 rings (SSSR count). The molecule has 1 N–H and O–H groups in total. The van der Waals surface area contributed by atoms with E-state index in [2.05, 4.69) is 18.7 Å². The molecule has 1 aliphatic heterocycles. The van der Waals surface area contributed by atoms with Gasteiger partial charge in [0.2, 0.25) is 0 Å².